The smallest absolute Gasteiger partial charge is 0.122 e. The Balaban J connectivity index is 2.83. The number of ether oxygens (including phenoxy) is 1. The molecule has 0 radical (unpaired) electrons. The zero-order valence-electron chi connectivity index (χ0n) is 8.30. The van der Waals surface area contributed by atoms with E-state index in [-0.39, 0.29) is 6.10 Å². The van der Waals surface area contributed by atoms with Crippen LogP contribution < -0.4 is 4.74 Å². The highest BCUT2D eigenvalue weighted by Crippen LogP contribution is 2.21. The number of hydrogen-bond acceptors (Lipinski definition) is 1. The zero-order chi connectivity index (χ0) is 9.84. The van der Waals surface area contributed by atoms with Crippen molar-refractivity contribution in [2.24, 2.45) is 0 Å². The van der Waals surface area contributed by atoms with Crippen molar-refractivity contribution < 1.29 is 4.74 Å². The van der Waals surface area contributed by atoms with Gasteiger partial charge in [0.25, 0.3) is 0 Å². The van der Waals surface area contributed by atoms with Crippen LogP contribution in [0.1, 0.15) is 18.1 Å². The van der Waals surface area contributed by atoms with Crippen LogP contribution in [0.2, 0.25) is 0 Å². The second-order valence-corrected chi connectivity index (χ2v) is 3.93. The van der Waals surface area contributed by atoms with Gasteiger partial charge in [0.1, 0.15) is 11.9 Å². The summed E-state index contributed by atoms with van der Waals surface area (Å²) in [5.74, 6) is 0.993. The first-order chi connectivity index (χ1) is 6.15. The van der Waals surface area contributed by atoms with E-state index in [1.807, 2.05) is 12.1 Å². The lowest BCUT2D eigenvalue weighted by Gasteiger charge is -2.14. The van der Waals surface area contributed by atoms with Crippen molar-refractivity contribution in [3.8, 4) is 5.75 Å². The predicted molar refractivity (Wildman–Crippen MR) is 59.8 cm³/mol. The van der Waals surface area contributed by atoms with Crippen molar-refractivity contribution in [2.75, 3.05) is 5.33 Å². The van der Waals surface area contributed by atoms with Crippen molar-refractivity contribution in [1.82, 2.24) is 0 Å². The van der Waals surface area contributed by atoms with Crippen molar-refractivity contribution in [2.45, 2.75) is 26.9 Å². The van der Waals surface area contributed by atoms with Gasteiger partial charge in [-0.1, -0.05) is 28.1 Å². The summed E-state index contributed by atoms with van der Waals surface area (Å²) >= 11 is 3.39. The first-order valence-electron chi connectivity index (χ1n) is 4.44. The molecule has 0 bridgehead atoms. The van der Waals surface area contributed by atoms with E-state index < -0.39 is 0 Å². The van der Waals surface area contributed by atoms with E-state index in [4.69, 9.17) is 4.74 Å². The maximum absolute atomic E-state index is 5.73. The van der Waals surface area contributed by atoms with Gasteiger partial charge >= 0.3 is 0 Å². The van der Waals surface area contributed by atoms with Gasteiger partial charge in [-0.25, -0.2) is 0 Å². The Labute approximate surface area is 88.2 Å². The van der Waals surface area contributed by atoms with Gasteiger partial charge in [0.15, 0.2) is 0 Å². The SMILES string of the molecule is Cc1cccc(O[C@H](C)CBr)c1C. The molecule has 0 aliphatic heterocycles. The molecule has 0 N–H and O–H groups in total. The second-order valence-electron chi connectivity index (χ2n) is 3.28. The number of rotatable bonds is 3. The molecule has 0 aromatic heterocycles. The van der Waals surface area contributed by atoms with E-state index in [2.05, 4.69) is 42.8 Å². The van der Waals surface area contributed by atoms with Gasteiger partial charge in [0, 0.05) is 5.33 Å². The van der Waals surface area contributed by atoms with Crippen molar-refractivity contribution >= 4 is 15.9 Å². The van der Waals surface area contributed by atoms with Crippen LogP contribution in [0.15, 0.2) is 18.2 Å². The number of benzene rings is 1. The van der Waals surface area contributed by atoms with Gasteiger partial charge in [-0.2, -0.15) is 0 Å². The molecule has 1 aromatic rings. The summed E-state index contributed by atoms with van der Waals surface area (Å²) in [6.07, 6.45) is 0.223. The molecule has 1 nitrogen and oxygen atoms in total. The first-order valence-corrected chi connectivity index (χ1v) is 5.56. The van der Waals surface area contributed by atoms with Crippen LogP contribution in [0.25, 0.3) is 0 Å². The Kier molecular flexibility index (Phi) is 3.79. The first kappa shape index (κ1) is 10.6. The maximum Gasteiger partial charge on any atom is 0.122 e. The quantitative estimate of drug-likeness (QED) is 0.738. The molecule has 0 aliphatic rings. The van der Waals surface area contributed by atoms with Crippen LogP contribution in [-0.4, -0.2) is 11.4 Å². The maximum atomic E-state index is 5.73. The fourth-order valence-electron chi connectivity index (χ4n) is 1.10. The molecule has 1 rings (SSSR count). The highest BCUT2D eigenvalue weighted by Gasteiger charge is 2.05. The van der Waals surface area contributed by atoms with E-state index in [1.165, 1.54) is 11.1 Å². The van der Waals surface area contributed by atoms with Gasteiger partial charge < -0.3 is 4.74 Å². The summed E-state index contributed by atoms with van der Waals surface area (Å²) in [5, 5.41) is 0.861. The Hall–Kier alpha value is -0.500. The molecule has 0 heterocycles. The summed E-state index contributed by atoms with van der Waals surface area (Å²) in [6.45, 7) is 6.24. The summed E-state index contributed by atoms with van der Waals surface area (Å²) < 4.78 is 5.73. The Morgan fingerprint density at radius 3 is 2.69 bits per heavy atom. The molecule has 0 aliphatic carbocycles. The molecule has 0 saturated carbocycles. The van der Waals surface area contributed by atoms with E-state index in [9.17, 15) is 0 Å². The molecule has 0 fully saturated rings. The van der Waals surface area contributed by atoms with E-state index in [0.29, 0.717) is 0 Å². The van der Waals surface area contributed by atoms with Crippen LogP contribution >= 0.6 is 15.9 Å². The number of aryl methyl sites for hydroxylation is 1. The van der Waals surface area contributed by atoms with Gasteiger partial charge in [-0.15, -0.1) is 0 Å². The highest BCUT2D eigenvalue weighted by atomic mass is 79.9. The van der Waals surface area contributed by atoms with Crippen LogP contribution in [0.5, 0.6) is 5.75 Å². The molecular formula is C11H15BrO. The average Bonchev–Trinajstić information content (AvgIpc) is 2.13. The second kappa shape index (κ2) is 4.66. The summed E-state index contributed by atoms with van der Waals surface area (Å²) in [6, 6.07) is 6.14. The lowest BCUT2D eigenvalue weighted by Crippen LogP contribution is -2.13. The molecule has 0 saturated heterocycles. The molecule has 2 heteroatoms. The van der Waals surface area contributed by atoms with E-state index in [0.717, 1.165) is 11.1 Å². The van der Waals surface area contributed by atoms with Gasteiger partial charge in [-0.05, 0) is 38.0 Å². The standard InChI is InChI=1S/C11H15BrO/c1-8-5-4-6-11(10(8)3)13-9(2)7-12/h4-6,9H,7H2,1-3H3/t9-/m1/s1. The van der Waals surface area contributed by atoms with Crippen LogP contribution in [0.4, 0.5) is 0 Å². The molecule has 1 aromatic carbocycles. The average molecular weight is 243 g/mol. The fraction of sp³-hybridized carbons (Fsp3) is 0.455. The molecule has 0 amide bonds. The summed E-state index contributed by atoms with van der Waals surface area (Å²) in [7, 11) is 0. The van der Waals surface area contributed by atoms with Gasteiger partial charge in [-0.3, -0.25) is 0 Å². The third-order valence-electron chi connectivity index (χ3n) is 2.10. The van der Waals surface area contributed by atoms with Crippen LogP contribution in [-0.2, 0) is 0 Å². The molecule has 1 atom stereocenters. The lowest BCUT2D eigenvalue weighted by molar-refractivity contribution is 0.246. The minimum atomic E-state index is 0.223. The predicted octanol–water partition coefficient (Wildman–Crippen LogP) is 3.47. The van der Waals surface area contributed by atoms with Gasteiger partial charge in [0.2, 0.25) is 0 Å². The lowest BCUT2D eigenvalue weighted by atomic mass is 10.1. The number of halogens is 1. The summed E-state index contributed by atoms with van der Waals surface area (Å²) in [4.78, 5) is 0. The topological polar surface area (TPSA) is 9.23 Å². The van der Waals surface area contributed by atoms with Crippen molar-refractivity contribution in [3.05, 3.63) is 29.3 Å². The molecule has 13 heavy (non-hydrogen) atoms. The Morgan fingerprint density at radius 1 is 1.38 bits per heavy atom. The number of alkyl halides is 1. The summed E-state index contributed by atoms with van der Waals surface area (Å²) in [5.41, 5.74) is 2.51. The largest absolute Gasteiger partial charge is 0.490 e. The molecule has 0 unspecified atom stereocenters. The van der Waals surface area contributed by atoms with Crippen molar-refractivity contribution in [1.29, 1.82) is 0 Å². The van der Waals surface area contributed by atoms with Crippen LogP contribution in [0, 0.1) is 13.8 Å². The minimum absolute atomic E-state index is 0.223. The molecule has 0 spiro atoms. The third kappa shape index (κ3) is 2.73. The van der Waals surface area contributed by atoms with E-state index in [1.54, 1.807) is 0 Å². The minimum Gasteiger partial charge on any atom is -0.490 e. The van der Waals surface area contributed by atoms with Crippen LogP contribution in [0.3, 0.4) is 0 Å². The fourth-order valence-corrected chi connectivity index (χ4v) is 1.23. The Morgan fingerprint density at radius 2 is 2.08 bits per heavy atom. The Bertz CT molecular complexity index is 283. The zero-order valence-corrected chi connectivity index (χ0v) is 9.89. The van der Waals surface area contributed by atoms with Crippen molar-refractivity contribution in [3.63, 3.8) is 0 Å². The highest BCUT2D eigenvalue weighted by molar-refractivity contribution is 9.09. The van der Waals surface area contributed by atoms with Gasteiger partial charge in [0.05, 0.1) is 0 Å². The monoisotopic (exact) mass is 242 g/mol. The number of hydrogen-bond donors (Lipinski definition) is 0. The molecule has 72 valence electrons. The third-order valence-corrected chi connectivity index (χ3v) is 3.01. The normalized spacial score (nSPS) is 12.6. The van der Waals surface area contributed by atoms with E-state index >= 15 is 0 Å². The molecular weight excluding hydrogens is 228 g/mol.